The molecule has 0 aromatic rings. The zero-order valence-electron chi connectivity index (χ0n) is 25.0. The molecule has 0 aliphatic carbocycles. The number of carbonyl (C=O) groups is 2. The van der Waals surface area contributed by atoms with E-state index in [0.29, 0.717) is 0 Å². The van der Waals surface area contributed by atoms with Gasteiger partial charge >= 0.3 is 5.97 Å². The van der Waals surface area contributed by atoms with E-state index in [1.54, 1.807) is 6.92 Å². The largest absolute Gasteiger partial charge is 0.467 e. The second kappa shape index (κ2) is 15.9. The number of aliphatic hydroxyl groups is 1. The van der Waals surface area contributed by atoms with Crippen molar-refractivity contribution in [2.24, 2.45) is 5.11 Å². The van der Waals surface area contributed by atoms with Gasteiger partial charge in [-0.3, -0.25) is 4.79 Å². The maximum atomic E-state index is 13.5. The Morgan fingerprint density at radius 1 is 1.05 bits per heavy atom. The van der Waals surface area contributed by atoms with Crippen molar-refractivity contribution in [2.45, 2.75) is 122 Å². The fourth-order valence-corrected chi connectivity index (χ4v) is 8.53. The number of aliphatic hydroxyl groups excluding tert-OH is 1. The van der Waals surface area contributed by atoms with Gasteiger partial charge in [0.25, 0.3) is 0 Å². The number of azide groups is 1. The minimum atomic E-state index is -2.28. The van der Waals surface area contributed by atoms with Gasteiger partial charge in [-0.05, 0) is 55.6 Å². The van der Waals surface area contributed by atoms with Gasteiger partial charge < -0.3 is 29.3 Å². The third kappa shape index (κ3) is 10.2. The van der Waals surface area contributed by atoms with Crippen molar-refractivity contribution in [3.8, 4) is 0 Å². The molecule has 3 N–H and O–H groups in total. The van der Waals surface area contributed by atoms with Gasteiger partial charge in [-0.1, -0.05) is 58.9 Å². The first-order valence-corrected chi connectivity index (χ1v) is 19.0. The van der Waals surface area contributed by atoms with E-state index in [1.165, 1.54) is 7.11 Å². The Bertz CT molecular complexity index is 838. The van der Waals surface area contributed by atoms with Crippen molar-refractivity contribution >= 4 is 45.7 Å². The third-order valence-corrected chi connectivity index (χ3v) is 17.3. The molecule has 5 atom stereocenters. The van der Waals surface area contributed by atoms with Crippen molar-refractivity contribution in [3.05, 3.63) is 10.4 Å². The Morgan fingerprint density at radius 3 is 1.97 bits per heavy atom. The Labute approximate surface area is 235 Å². The molecule has 0 spiro atoms. The van der Waals surface area contributed by atoms with E-state index in [1.807, 2.05) is 6.92 Å². The lowest BCUT2D eigenvalue weighted by Gasteiger charge is -2.40. The van der Waals surface area contributed by atoms with Crippen LogP contribution < -0.4 is 10.6 Å². The number of amides is 1. The number of methoxy groups -OCH3 is 1. The zero-order chi connectivity index (χ0) is 29.9. The molecule has 1 amide bonds. The summed E-state index contributed by atoms with van der Waals surface area (Å²) in [5.41, 5.74) is 9.23. The van der Waals surface area contributed by atoms with Crippen LogP contribution in [-0.4, -0.2) is 82.7 Å². The van der Waals surface area contributed by atoms with E-state index in [0.717, 1.165) is 18.1 Å². The van der Waals surface area contributed by atoms with E-state index >= 15 is 0 Å². The van der Waals surface area contributed by atoms with Crippen molar-refractivity contribution in [1.29, 1.82) is 0 Å². The van der Waals surface area contributed by atoms with Gasteiger partial charge in [-0.2, -0.15) is 0 Å². The number of thiocarbonyl (C=S) groups is 1. The van der Waals surface area contributed by atoms with Crippen LogP contribution in [0.4, 0.5) is 0 Å². The molecule has 0 unspecified atom stereocenters. The number of ether oxygens (including phenoxy) is 1. The predicted molar refractivity (Wildman–Crippen MR) is 159 cm³/mol. The Kier molecular flexibility index (Phi) is 15.2. The van der Waals surface area contributed by atoms with Crippen molar-refractivity contribution < 1.29 is 28.3 Å². The highest BCUT2D eigenvalue weighted by atomic mass is 32.1. The van der Waals surface area contributed by atoms with E-state index in [9.17, 15) is 20.2 Å². The summed E-state index contributed by atoms with van der Waals surface area (Å²) in [7, 11) is -3.19. The molecule has 0 rings (SSSR count). The quantitative estimate of drug-likeness (QED) is 0.0595. The number of nitrogens with one attached hydrogen (secondary N) is 2. The Morgan fingerprint density at radius 2 is 1.58 bits per heavy atom. The molecular formula is C24H49N5O6SSi2. The second-order valence-electron chi connectivity index (χ2n) is 11.1. The second-order valence-corrected chi connectivity index (χ2v) is 21.0. The number of hydrogen-bond donors (Lipinski definition) is 3. The molecule has 11 nitrogen and oxygen atoms in total. The smallest absolute Gasteiger partial charge is 0.330 e. The molecule has 0 aromatic carbocycles. The first-order chi connectivity index (χ1) is 17.5. The number of carbonyl (C=O) groups excluding carboxylic acids is 2. The van der Waals surface area contributed by atoms with Gasteiger partial charge in [-0.15, -0.1) is 0 Å². The van der Waals surface area contributed by atoms with Crippen LogP contribution in [0.1, 0.15) is 55.4 Å². The van der Waals surface area contributed by atoms with Crippen LogP contribution in [0.15, 0.2) is 5.11 Å². The molecular weight excluding hydrogens is 543 g/mol. The summed E-state index contributed by atoms with van der Waals surface area (Å²) in [5.74, 6) is -1.27. The van der Waals surface area contributed by atoms with Crippen LogP contribution in [0, 0.1) is 0 Å². The Hall–Kier alpha value is -1.55. The SMILES string of the molecule is CC[Si](CC)(CC)O[C@H](C)[C@H](NC(=O)[C@@H](N=[N+]=[N-])[C@@H](C)O[Si](C)(C)C(C)(C)C)C(=S)N[C@H](CO)C(=O)OC. The van der Waals surface area contributed by atoms with Gasteiger partial charge in [0.15, 0.2) is 16.6 Å². The minimum absolute atomic E-state index is 0.0964. The highest BCUT2D eigenvalue weighted by Crippen LogP contribution is 2.37. The molecule has 0 saturated heterocycles. The molecule has 220 valence electrons. The van der Waals surface area contributed by atoms with Crippen molar-refractivity contribution in [2.75, 3.05) is 13.7 Å². The van der Waals surface area contributed by atoms with Crippen LogP contribution in [0.25, 0.3) is 10.4 Å². The van der Waals surface area contributed by atoms with Crippen LogP contribution in [0.2, 0.25) is 36.3 Å². The third-order valence-electron chi connectivity index (χ3n) is 7.58. The van der Waals surface area contributed by atoms with Crippen molar-refractivity contribution in [3.63, 3.8) is 0 Å². The fourth-order valence-electron chi connectivity index (χ4n) is 3.80. The molecule has 0 fully saturated rings. The number of rotatable bonds is 16. The summed E-state index contributed by atoms with van der Waals surface area (Å²) in [6, 6.07) is -0.503. The number of esters is 1. The van der Waals surface area contributed by atoms with Crippen LogP contribution in [0.5, 0.6) is 0 Å². The maximum Gasteiger partial charge on any atom is 0.330 e. The summed E-state index contributed by atoms with van der Waals surface area (Å²) < 4.78 is 17.7. The average Bonchev–Trinajstić information content (AvgIpc) is 2.85. The molecule has 0 radical (unpaired) electrons. The molecule has 38 heavy (non-hydrogen) atoms. The standard InChI is InChI=1S/C24H49N5O6SSi2/c1-12-38(13-2,14-3)35-17(5)20(22(36)26-18(15-30)23(32)33-9)27-21(31)19(28-29-25)16(4)34-37(10,11)24(6,7)8/h16-20,30H,12-15H2,1-11H3,(H,26,36)(H,27,31)/t16-,17-,18-,19+,20+/m1/s1. The predicted octanol–water partition coefficient (Wildman–Crippen LogP) is 4.42. The lowest BCUT2D eigenvalue weighted by atomic mass is 10.1. The first kappa shape index (κ1) is 36.5. The molecule has 0 aromatic heterocycles. The van der Waals surface area contributed by atoms with E-state index in [4.69, 9.17) is 25.8 Å². The summed E-state index contributed by atoms with van der Waals surface area (Å²) in [4.78, 5) is 28.6. The Balaban J connectivity index is 6.23. The van der Waals surface area contributed by atoms with Crippen LogP contribution in [-0.2, 0) is 23.2 Å². The van der Waals surface area contributed by atoms with E-state index in [2.05, 4.69) is 75.3 Å². The molecule has 0 bridgehead atoms. The maximum absolute atomic E-state index is 13.5. The van der Waals surface area contributed by atoms with Crippen LogP contribution in [0.3, 0.4) is 0 Å². The summed E-state index contributed by atoms with van der Waals surface area (Å²) in [5, 5.41) is 19.0. The van der Waals surface area contributed by atoms with Gasteiger partial charge in [0.1, 0.15) is 23.1 Å². The summed E-state index contributed by atoms with van der Waals surface area (Å²) in [6.45, 7) is 19.6. The monoisotopic (exact) mass is 591 g/mol. The van der Waals surface area contributed by atoms with Gasteiger partial charge in [0, 0.05) is 4.91 Å². The topological polar surface area (TPSA) is 155 Å². The van der Waals surface area contributed by atoms with Crippen LogP contribution >= 0.6 is 12.2 Å². The highest BCUT2D eigenvalue weighted by molar-refractivity contribution is 7.80. The summed E-state index contributed by atoms with van der Waals surface area (Å²) in [6.07, 6.45) is -1.26. The lowest BCUT2D eigenvalue weighted by Crippen LogP contribution is -2.60. The van der Waals surface area contributed by atoms with Gasteiger partial charge in [0.2, 0.25) is 5.91 Å². The molecule has 14 heteroatoms. The van der Waals surface area contributed by atoms with Gasteiger partial charge in [-0.25, -0.2) is 4.79 Å². The number of nitrogens with zero attached hydrogens (tertiary/aromatic N) is 3. The number of hydrogen-bond acceptors (Lipinski definition) is 8. The zero-order valence-corrected chi connectivity index (χ0v) is 27.8. The average molecular weight is 592 g/mol. The summed E-state index contributed by atoms with van der Waals surface area (Å²) >= 11 is 5.59. The molecule has 0 aliphatic rings. The first-order valence-electron chi connectivity index (χ1n) is 13.2. The molecule has 0 heterocycles. The fraction of sp³-hybridized carbons (Fsp3) is 0.875. The molecule has 0 aliphatic heterocycles. The molecule has 0 saturated carbocycles. The van der Waals surface area contributed by atoms with Crippen molar-refractivity contribution in [1.82, 2.24) is 10.6 Å². The normalized spacial score (nSPS) is 16.3. The van der Waals surface area contributed by atoms with E-state index < -0.39 is 65.5 Å². The van der Waals surface area contributed by atoms with Gasteiger partial charge in [0.05, 0.1) is 25.9 Å². The lowest BCUT2D eigenvalue weighted by molar-refractivity contribution is -0.143. The highest BCUT2D eigenvalue weighted by Gasteiger charge is 2.42. The minimum Gasteiger partial charge on any atom is -0.467 e. The van der Waals surface area contributed by atoms with E-state index in [-0.39, 0.29) is 10.0 Å².